The van der Waals surface area contributed by atoms with Crippen LogP contribution in [0.4, 0.5) is 5.69 Å². The summed E-state index contributed by atoms with van der Waals surface area (Å²) in [6.45, 7) is 9.44. The fourth-order valence-corrected chi connectivity index (χ4v) is 2.31. The van der Waals surface area contributed by atoms with Crippen LogP contribution in [0, 0.1) is 24.0 Å². The molecule has 0 N–H and O–H groups in total. The summed E-state index contributed by atoms with van der Waals surface area (Å²) >= 11 is 0. The molecule has 1 aromatic heterocycles. The zero-order valence-electron chi connectivity index (χ0n) is 12.8. The number of nitro groups is 1. The molecular formula is C16H17N3O3. The second-order valence-corrected chi connectivity index (χ2v) is 5.31. The smallest absolute Gasteiger partial charge is 0.267 e. The molecule has 0 aliphatic carbocycles. The average molecular weight is 299 g/mol. The summed E-state index contributed by atoms with van der Waals surface area (Å²) in [7, 11) is 0. The lowest BCUT2D eigenvalue weighted by molar-refractivity contribution is -0.384. The number of carbonyl (C=O) groups is 1. The maximum atomic E-state index is 12.5. The molecule has 2 rings (SSSR count). The van der Waals surface area contributed by atoms with Crippen molar-refractivity contribution in [2.24, 2.45) is 0 Å². The van der Waals surface area contributed by atoms with Gasteiger partial charge in [-0.2, -0.15) is 5.10 Å². The molecule has 0 aliphatic heterocycles. The lowest BCUT2D eigenvalue weighted by Crippen LogP contribution is -2.15. The average Bonchev–Trinajstić information content (AvgIpc) is 2.74. The minimum absolute atomic E-state index is 0.116. The number of aromatic nitrogens is 2. The van der Waals surface area contributed by atoms with Gasteiger partial charge < -0.3 is 0 Å². The quantitative estimate of drug-likeness (QED) is 0.493. The summed E-state index contributed by atoms with van der Waals surface area (Å²) in [4.78, 5) is 22.8. The highest BCUT2D eigenvalue weighted by atomic mass is 16.6. The van der Waals surface area contributed by atoms with Crippen molar-refractivity contribution in [3.8, 4) is 0 Å². The van der Waals surface area contributed by atoms with Gasteiger partial charge in [0.25, 0.3) is 11.6 Å². The Morgan fingerprint density at radius 1 is 1.41 bits per heavy atom. The van der Waals surface area contributed by atoms with Gasteiger partial charge in [0.2, 0.25) is 0 Å². The van der Waals surface area contributed by atoms with Crippen molar-refractivity contribution in [2.45, 2.75) is 27.2 Å². The van der Waals surface area contributed by atoms with Crippen LogP contribution in [0.25, 0.3) is 0 Å². The number of rotatable bonds is 4. The van der Waals surface area contributed by atoms with Gasteiger partial charge in [0.05, 0.1) is 10.6 Å². The second-order valence-electron chi connectivity index (χ2n) is 5.31. The fraction of sp³-hybridized carbons (Fsp3) is 0.250. The number of nitrogens with zero attached hydrogens (tertiary/aromatic N) is 3. The highest BCUT2D eigenvalue weighted by Gasteiger charge is 2.19. The number of hydrogen-bond donors (Lipinski definition) is 0. The van der Waals surface area contributed by atoms with Gasteiger partial charge in [-0.3, -0.25) is 14.9 Å². The number of aryl methyl sites for hydroxylation is 1. The molecule has 1 heterocycles. The third kappa shape index (κ3) is 2.95. The number of non-ortho nitro benzene ring substituents is 1. The Balaban J connectivity index is 2.44. The molecule has 0 atom stereocenters. The third-order valence-electron chi connectivity index (χ3n) is 3.42. The van der Waals surface area contributed by atoms with Crippen LogP contribution in [0.3, 0.4) is 0 Å². The van der Waals surface area contributed by atoms with Crippen LogP contribution in [-0.2, 0) is 6.42 Å². The number of benzene rings is 1. The first-order valence-corrected chi connectivity index (χ1v) is 6.80. The Hall–Kier alpha value is -2.76. The largest absolute Gasteiger partial charge is 0.278 e. The Bertz CT molecular complexity index is 775. The van der Waals surface area contributed by atoms with E-state index in [0.29, 0.717) is 6.42 Å². The molecular weight excluding hydrogens is 282 g/mol. The van der Waals surface area contributed by atoms with Gasteiger partial charge in [0.1, 0.15) is 0 Å². The summed E-state index contributed by atoms with van der Waals surface area (Å²) in [6.07, 6.45) is 0.653. The van der Waals surface area contributed by atoms with Crippen molar-refractivity contribution in [3.63, 3.8) is 0 Å². The summed E-state index contributed by atoms with van der Waals surface area (Å²) < 4.78 is 1.30. The molecule has 0 saturated heterocycles. The van der Waals surface area contributed by atoms with Crippen molar-refractivity contribution in [3.05, 3.63) is 69.0 Å². The van der Waals surface area contributed by atoms with Crippen LogP contribution in [0.1, 0.15) is 34.2 Å². The number of nitro benzene ring substituents is 1. The molecule has 22 heavy (non-hydrogen) atoms. The van der Waals surface area contributed by atoms with E-state index < -0.39 is 4.92 Å². The van der Waals surface area contributed by atoms with Gasteiger partial charge in [0.15, 0.2) is 0 Å². The standard InChI is InChI=1S/C16H17N3O3/c1-10(2)8-15-11(3)17-18(12(15)4)16(20)13-6-5-7-14(9-13)19(21)22/h5-7,9H,1,8H2,2-4H3. The van der Waals surface area contributed by atoms with Crippen molar-refractivity contribution >= 4 is 11.6 Å². The number of hydrogen-bond acceptors (Lipinski definition) is 4. The van der Waals surface area contributed by atoms with Gasteiger partial charge in [-0.05, 0) is 33.3 Å². The van der Waals surface area contributed by atoms with E-state index in [4.69, 9.17) is 0 Å². The first kappa shape index (κ1) is 15.6. The van der Waals surface area contributed by atoms with Crippen LogP contribution in [0.5, 0.6) is 0 Å². The monoisotopic (exact) mass is 299 g/mol. The predicted octanol–water partition coefficient (Wildman–Crippen LogP) is 3.22. The van der Waals surface area contributed by atoms with Crippen molar-refractivity contribution in [1.82, 2.24) is 9.78 Å². The van der Waals surface area contributed by atoms with Crippen LogP contribution in [0.15, 0.2) is 36.4 Å². The van der Waals surface area contributed by atoms with E-state index >= 15 is 0 Å². The molecule has 0 radical (unpaired) electrons. The Kier molecular flexibility index (Phi) is 4.21. The van der Waals surface area contributed by atoms with Crippen LogP contribution >= 0.6 is 0 Å². The van der Waals surface area contributed by atoms with E-state index in [1.54, 1.807) is 6.07 Å². The molecule has 0 unspecified atom stereocenters. The molecule has 0 amide bonds. The molecule has 0 aliphatic rings. The van der Waals surface area contributed by atoms with Gasteiger partial charge in [-0.1, -0.05) is 18.2 Å². The molecule has 1 aromatic carbocycles. The van der Waals surface area contributed by atoms with Crippen LogP contribution < -0.4 is 0 Å². The molecule has 2 aromatic rings. The normalized spacial score (nSPS) is 10.5. The molecule has 0 bridgehead atoms. The zero-order valence-corrected chi connectivity index (χ0v) is 12.8. The molecule has 6 nitrogen and oxygen atoms in total. The van der Waals surface area contributed by atoms with Crippen molar-refractivity contribution in [1.29, 1.82) is 0 Å². The second kappa shape index (κ2) is 5.93. The van der Waals surface area contributed by atoms with Gasteiger partial charge in [0, 0.05) is 29.0 Å². The van der Waals surface area contributed by atoms with Gasteiger partial charge in [-0.15, -0.1) is 0 Å². The van der Waals surface area contributed by atoms with Gasteiger partial charge in [-0.25, -0.2) is 4.68 Å². The summed E-state index contributed by atoms with van der Waals surface area (Å²) in [6, 6.07) is 5.65. The highest BCUT2D eigenvalue weighted by molar-refractivity contribution is 5.96. The highest BCUT2D eigenvalue weighted by Crippen LogP contribution is 2.19. The Morgan fingerprint density at radius 2 is 2.09 bits per heavy atom. The predicted molar refractivity (Wildman–Crippen MR) is 83.0 cm³/mol. The first-order valence-electron chi connectivity index (χ1n) is 6.80. The first-order chi connectivity index (χ1) is 10.3. The van der Waals surface area contributed by atoms with E-state index in [1.165, 1.54) is 22.9 Å². The summed E-state index contributed by atoms with van der Waals surface area (Å²) in [5.74, 6) is -0.378. The summed E-state index contributed by atoms with van der Waals surface area (Å²) in [5.41, 5.74) is 3.56. The van der Waals surface area contributed by atoms with Gasteiger partial charge >= 0.3 is 0 Å². The lowest BCUT2D eigenvalue weighted by atomic mass is 10.1. The van der Waals surface area contributed by atoms with Crippen molar-refractivity contribution in [2.75, 3.05) is 0 Å². The van der Waals surface area contributed by atoms with E-state index in [0.717, 1.165) is 22.5 Å². The van der Waals surface area contributed by atoms with Crippen LogP contribution in [-0.4, -0.2) is 20.6 Å². The Morgan fingerprint density at radius 3 is 2.68 bits per heavy atom. The number of carbonyl (C=O) groups excluding carboxylic acids is 1. The van der Waals surface area contributed by atoms with E-state index in [1.807, 2.05) is 20.8 Å². The fourth-order valence-electron chi connectivity index (χ4n) is 2.31. The third-order valence-corrected chi connectivity index (χ3v) is 3.42. The topological polar surface area (TPSA) is 78.0 Å². The SMILES string of the molecule is C=C(C)Cc1c(C)nn(C(=O)c2cccc([N+](=O)[O-])c2)c1C. The van der Waals surface area contributed by atoms with Crippen LogP contribution in [0.2, 0.25) is 0 Å². The molecule has 0 saturated carbocycles. The maximum Gasteiger partial charge on any atom is 0.278 e. The summed E-state index contributed by atoms with van der Waals surface area (Å²) in [5, 5.41) is 15.1. The maximum absolute atomic E-state index is 12.5. The molecule has 0 fully saturated rings. The molecule has 0 spiro atoms. The zero-order chi connectivity index (χ0) is 16.4. The van der Waals surface area contributed by atoms with E-state index in [2.05, 4.69) is 11.7 Å². The minimum atomic E-state index is -0.523. The molecule has 6 heteroatoms. The van der Waals surface area contributed by atoms with E-state index in [-0.39, 0.29) is 17.2 Å². The molecule has 114 valence electrons. The van der Waals surface area contributed by atoms with E-state index in [9.17, 15) is 14.9 Å². The van der Waals surface area contributed by atoms with Crippen molar-refractivity contribution < 1.29 is 9.72 Å². The Labute approximate surface area is 128 Å². The number of allylic oxidation sites excluding steroid dienone is 1. The lowest BCUT2D eigenvalue weighted by Gasteiger charge is -2.04. The minimum Gasteiger partial charge on any atom is -0.267 e.